The Balaban J connectivity index is 0.969. The summed E-state index contributed by atoms with van der Waals surface area (Å²) in [5, 5.41) is 1.47. The van der Waals surface area contributed by atoms with Crippen molar-refractivity contribution in [3.05, 3.63) is 221 Å². The van der Waals surface area contributed by atoms with E-state index in [1.165, 1.54) is 116 Å². The Hall–Kier alpha value is -6.72. The molecule has 0 spiro atoms. The highest BCUT2D eigenvalue weighted by atomic mass is 32.1. The van der Waals surface area contributed by atoms with E-state index in [1.54, 1.807) is 0 Å². The molecule has 3 aliphatic rings. The second-order valence-corrected chi connectivity index (χ2v) is 27.9. The van der Waals surface area contributed by atoms with Crippen molar-refractivity contribution in [2.45, 2.75) is 77.4 Å². The van der Waals surface area contributed by atoms with Crippen LogP contribution in [0.25, 0.3) is 43.1 Å². The van der Waals surface area contributed by atoms with E-state index < -0.39 is 8.07 Å². The summed E-state index contributed by atoms with van der Waals surface area (Å²) in [5.74, 6) is 0. The Kier molecular flexibility index (Phi) is 9.49. The van der Waals surface area contributed by atoms with Gasteiger partial charge in [-0.1, -0.05) is 188 Å². The molecule has 8 aromatic carbocycles. The number of benzene rings is 8. The van der Waals surface area contributed by atoms with Crippen LogP contribution in [0.1, 0.15) is 74.9 Å². The second kappa shape index (κ2) is 15.1. The van der Waals surface area contributed by atoms with Gasteiger partial charge < -0.3 is 9.80 Å². The molecule has 1 heterocycles. The van der Waals surface area contributed by atoms with Crippen LogP contribution in [-0.4, -0.2) is 8.07 Å². The first-order chi connectivity index (χ1) is 32.6. The van der Waals surface area contributed by atoms with Crippen LogP contribution in [0.5, 0.6) is 0 Å². The molecule has 0 saturated heterocycles. The molecule has 12 rings (SSSR count). The van der Waals surface area contributed by atoms with Crippen molar-refractivity contribution in [1.29, 1.82) is 0 Å². The molecule has 0 fully saturated rings. The van der Waals surface area contributed by atoms with Crippen LogP contribution in [0.3, 0.4) is 0 Å². The highest BCUT2D eigenvalue weighted by Crippen LogP contribution is 2.64. The second-order valence-electron chi connectivity index (χ2n) is 21.8. The van der Waals surface area contributed by atoms with Crippen molar-refractivity contribution < 1.29 is 0 Å². The van der Waals surface area contributed by atoms with Gasteiger partial charge in [-0.25, -0.2) is 0 Å². The molecule has 1 aromatic heterocycles. The highest BCUT2D eigenvalue weighted by molar-refractivity contribution is 7.19. The van der Waals surface area contributed by atoms with Crippen LogP contribution in [-0.2, 0) is 16.2 Å². The Labute approximate surface area is 408 Å². The number of thiophene rings is 1. The minimum atomic E-state index is -1.45. The zero-order valence-electron chi connectivity index (χ0n) is 40.7. The third-order valence-electron chi connectivity index (χ3n) is 15.6. The molecule has 2 nitrogen and oxygen atoms in total. The Morgan fingerprint density at radius 1 is 0.353 bits per heavy atom. The summed E-state index contributed by atoms with van der Waals surface area (Å²) in [5.41, 5.74) is 22.9. The Morgan fingerprint density at radius 3 is 1.35 bits per heavy atom. The lowest BCUT2D eigenvalue weighted by Crippen LogP contribution is -2.37. The van der Waals surface area contributed by atoms with Crippen LogP contribution in [0.4, 0.5) is 34.1 Å². The SMILES string of the molecule is CC1(C)c2ccccc2-c2ccc(N(c3ccc4c(c3)C(C)(C)c3c-4sc4c3C(C)(C)c3cc(N(c5ccccc5)c5ccc([Si](C)(C)C)cc5)ccc3-4)c3ccccc3-c3ccccc3)cc21. The van der Waals surface area contributed by atoms with E-state index in [4.69, 9.17) is 0 Å². The van der Waals surface area contributed by atoms with Gasteiger partial charge in [0.05, 0.1) is 13.8 Å². The number of nitrogens with zero attached hydrogens (tertiary/aromatic N) is 2. The maximum absolute atomic E-state index is 2.52. The first-order valence-corrected chi connectivity index (χ1v) is 28.6. The van der Waals surface area contributed by atoms with E-state index in [9.17, 15) is 0 Å². The van der Waals surface area contributed by atoms with Gasteiger partial charge in [0, 0.05) is 60.0 Å². The fourth-order valence-corrected chi connectivity index (χ4v) is 14.8. The quantitative estimate of drug-likeness (QED) is 0.140. The van der Waals surface area contributed by atoms with E-state index in [-0.39, 0.29) is 16.2 Å². The highest BCUT2D eigenvalue weighted by Gasteiger charge is 2.49. The molecule has 3 aliphatic carbocycles. The van der Waals surface area contributed by atoms with Gasteiger partial charge in [0.15, 0.2) is 0 Å². The first-order valence-electron chi connectivity index (χ1n) is 24.3. The van der Waals surface area contributed by atoms with Gasteiger partial charge in [-0.05, 0) is 128 Å². The number of para-hydroxylation sites is 2. The molecule has 0 amide bonds. The normalized spacial score (nSPS) is 15.2. The van der Waals surface area contributed by atoms with Crippen molar-refractivity contribution in [2.75, 3.05) is 9.80 Å². The predicted molar refractivity (Wildman–Crippen MR) is 295 cm³/mol. The summed E-state index contributed by atoms with van der Waals surface area (Å²) in [7, 11) is -1.45. The number of rotatable bonds is 8. The number of hydrogen-bond acceptors (Lipinski definition) is 3. The molecular formula is C64H58N2SSi. The van der Waals surface area contributed by atoms with Crippen molar-refractivity contribution in [2.24, 2.45) is 0 Å². The minimum absolute atomic E-state index is 0.120. The molecular weight excluding hydrogens is 857 g/mol. The van der Waals surface area contributed by atoms with Crippen LogP contribution in [0.2, 0.25) is 19.6 Å². The summed E-state index contributed by atoms with van der Waals surface area (Å²) >= 11 is 2.00. The smallest absolute Gasteiger partial charge is 0.0775 e. The predicted octanol–water partition coefficient (Wildman–Crippen LogP) is 17.8. The maximum Gasteiger partial charge on any atom is 0.0775 e. The van der Waals surface area contributed by atoms with E-state index >= 15 is 0 Å². The fourth-order valence-electron chi connectivity index (χ4n) is 12.0. The Morgan fingerprint density at radius 2 is 0.779 bits per heavy atom. The molecule has 68 heavy (non-hydrogen) atoms. The van der Waals surface area contributed by atoms with Crippen molar-refractivity contribution in [3.63, 3.8) is 0 Å². The van der Waals surface area contributed by atoms with Gasteiger partial charge in [0.2, 0.25) is 0 Å². The van der Waals surface area contributed by atoms with Crippen LogP contribution in [0, 0.1) is 0 Å². The van der Waals surface area contributed by atoms with E-state index in [0.29, 0.717) is 0 Å². The van der Waals surface area contributed by atoms with Gasteiger partial charge in [-0.3, -0.25) is 0 Å². The number of hydrogen-bond donors (Lipinski definition) is 0. The zero-order chi connectivity index (χ0) is 46.9. The van der Waals surface area contributed by atoms with E-state index in [0.717, 1.165) is 0 Å². The molecule has 0 atom stereocenters. The maximum atomic E-state index is 2.52. The molecule has 0 aliphatic heterocycles. The summed E-state index contributed by atoms with van der Waals surface area (Å²) in [6.45, 7) is 21.9. The standard InChI is InChI=1S/C64H58N2SSi/c1-62(2)53-26-18-16-25-49(53)50-35-30-45(39-54(50)62)66(57-27-19-17-24-48(57)41-20-12-10-13-21-41)46-32-37-52-56(40-46)64(5,6)59-58-60(67-61(52)59)51-36-31-44(38-55(51)63(58,3)4)65(42-22-14-11-15-23-42)43-28-33-47(34-29-43)68(7,8)9/h10-40H,1-9H3. The van der Waals surface area contributed by atoms with Gasteiger partial charge >= 0.3 is 0 Å². The average molecular weight is 915 g/mol. The number of anilines is 6. The van der Waals surface area contributed by atoms with Gasteiger partial charge in [-0.2, -0.15) is 0 Å². The first kappa shape index (κ1) is 42.6. The van der Waals surface area contributed by atoms with E-state index in [1.807, 2.05) is 11.3 Å². The fraction of sp³-hybridized carbons (Fsp3) is 0.188. The summed E-state index contributed by atoms with van der Waals surface area (Å²) in [4.78, 5) is 7.81. The van der Waals surface area contributed by atoms with Crippen LogP contribution >= 0.6 is 11.3 Å². The van der Waals surface area contributed by atoms with Gasteiger partial charge in [0.1, 0.15) is 0 Å². The monoisotopic (exact) mass is 914 g/mol. The molecule has 334 valence electrons. The van der Waals surface area contributed by atoms with E-state index in [2.05, 4.69) is 259 Å². The Bertz CT molecular complexity index is 3460. The molecule has 0 saturated carbocycles. The topological polar surface area (TPSA) is 6.48 Å². The molecule has 0 bridgehead atoms. The lowest BCUT2D eigenvalue weighted by atomic mass is 9.74. The largest absolute Gasteiger partial charge is 0.310 e. The van der Waals surface area contributed by atoms with Crippen molar-refractivity contribution in [1.82, 2.24) is 0 Å². The third-order valence-corrected chi connectivity index (χ3v) is 18.9. The van der Waals surface area contributed by atoms with Crippen LogP contribution in [0.15, 0.2) is 188 Å². The van der Waals surface area contributed by atoms with Crippen molar-refractivity contribution >= 4 is 58.7 Å². The van der Waals surface area contributed by atoms with Crippen molar-refractivity contribution in [3.8, 4) is 43.1 Å². The molecule has 0 radical (unpaired) electrons. The summed E-state index contributed by atoms with van der Waals surface area (Å²) in [6, 6.07) is 70.7. The van der Waals surface area contributed by atoms with Gasteiger partial charge in [0.25, 0.3) is 0 Å². The van der Waals surface area contributed by atoms with Crippen LogP contribution < -0.4 is 15.0 Å². The minimum Gasteiger partial charge on any atom is -0.310 e. The molecule has 9 aromatic rings. The lowest BCUT2D eigenvalue weighted by Gasteiger charge is -2.32. The van der Waals surface area contributed by atoms with Gasteiger partial charge in [-0.15, -0.1) is 11.3 Å². The average Bonchev–Trinajstić information content (AvgIpc) is 3.99. The lowest BCUT2D eigenvalue weighted by molar-refractivity contribution is 0.603. The molecule has 0 unspecified atom stereocenters. The summed E-state index contributed by atoms with van der Waals surface area (Å²) in [6.07, 6.45) is 0. The zero-order valence-corrected chi connectivity index (χ0v) is 42.5. The summed E-state index contributed by atoms with van der Waals surface area (Å²) < 4.78 is 0. The number of fused-ring (bicyclic) bond motifs is 10. The molecule has 0 N–H and O–H groups in total. The third kappa shape index (κ3) is 6.33. The molecule has 4 heteroatoms.